The summed E-state index contributed by atoms with van der Waals surface area (Å²) < 4.78 is 5.25. The number of amidine groups is 1. The van der Waals surface area contributed by atoms with E-state index < -0.39 is 12.0 Å². The normalized spacial score (nSPS) is 17.1. The molecule has 1 aliphatic heterocycles. The van der Waals surface area contributed by atoms with E-state index in [4.69, 9.17) is 21.3 Å². The number of carbonyl (C=O) groups excluding carboxylic acids is 1. The molecule has 2 aromatic rings. The van der Waals surface area contributed by atoms with Crippen molar-refractivity contribution in [3.8, 4) is 0 Å². The average molecular weight is 441 g/mol. The number of thiazole rings is 1. The van der Waals surface area contributed by atoms with Gasteiger partial charge in [-0.25, -0.2) is 9.78 Å². The summed E-state index contributed by atoms with van der Waals surface area (Å²) in [4.78, 5) is 21.6. The van der Waals surface area contributed by atoms with Crippen molar-refractivity contribution in [1.29, 1.82) is 0 Å². The number of aromatic nitrogens is 1. The molecule has 0 spiro atoms. The minimum Gasteiger partial charge on any atom is -0.463 e. The number of benzene rings is 1. The smallest absolute Gasteiger partial charge is 0.338 e. The van der Waals surface area contributed by atoms with Crippen molar-refractivity contribution in [3.05, 3.63) is 62.7 Å². The molecule has 8 heteroatoms. The summed E-state index contributed by atoms with van der Waals surface area (Å²) in [6, 6.07) is 6.82. The van der Waals surface area contributed by atoms with Gasteiger partial charge in [-0.05, 0) is 13.0 Å². The lowest BCUT2D eigenvalue weighted by Gasteiger charge is -2.26. The van der Waals surface area contributed by atoms with E-state index in [1.165, 1.54) is 11.3 Å². The molecule has 0 aliphatic carbocycles. The highest BCUT2D eigenvalue weighted by atomic mass is 79.9. The first-order valence-electron chi connectivity index (χ1n) is 7.61. The van der Waals surface area contributed by atoms with Gasteiger partial charge in [0.05, 0.1) is 12.2 Å². The molecule has 1 aromatic carbocycles. The van der Waals surface area contributed by atoms with Gasteiger partial charge in [0.1, 0.15) is 6.04 Å². The molecule has 1 aromatic heterocycles. The number of esters is 1. The van der Waals surface area contributed by atoms with Crippen LogP contribution in [0.25, 0.3) is 0 Å². The van der Waals surface area contributed by atoms with Gasteiger partial charge in [-0.3, -0.25) is 4.99 Å². The highest BCUT2D eigenvalue weighted by Crippen LogP contribution is 2.36. The third-order valence-electron chi connectivity index (χ3n) is 3.59. The summed E-state index contributed by atoms with van der Waals surface area (Å²) in [6.07, 6.45) is 1.72. The van der Waals surface area contributed by atoms with Crippen molar-refractivity contribution in [2.24, 2.45) is 4.99 Å². The first-order chi connectivity index (χ1) is 12.2. The highest BCUT2D eigenvalue weighted by molar-refractivity contribution is 9.09. The zero-order chi connectivity index (χ0) is 17.8. The first kappa shape index (κ1) is 18.1. The second kappa shape index (κ2) is 8.12. The van der Waals surface area contributed by atoms with Gasteiger partial charge in [-0.2, -0.15) is 0 Å². The molecule has 1 aliphatic rings. The van der Waals surface area contributed by atoms with E-state index in [0.717, 1.165) is 10.6 Å². The number of allylic oxidation sites excluding steroid dienone is 1. The molecule has 0 amide bonds. The molecule has 2 heterocycles. The monoisotopic (exact) mass is 439 g/mol. The van der Waals surface area contributed by atoms with Crippen LogP contribution in [0, 0.1) is 0 Å². The van der Waals surface area contributed by atoms with Gasteiger partial charge in [0.15, 0.2) is 10.8 Å². The molecule has 0 unspecified atom stereocenters. The number of nitrogens with zero attached hydrogens (tertiary/aromatic N) is 2. The molecule has 1 atom stereocenters. The summed E-state index contributed by atoms with van der Waals surface area (Å²) in [6.45, 7) is 2.06. The quantitative estimate of drug-likeness (QED) is 0.561. The van der Waals surface area contributed by atoms with E-state index in [-0.39, 0.29) is 6.61 Å². The van der Waals surface area contributed by atoms with Gasteiger partial charge in [-0.15, -0.1) is 11.3 Å². The van der Waals surface area contributed by atoms with Crippen molar-refractivity contribution in [2.75, 3.05) is 11.9 Å². The number of ether oxygens (including phenoxy) is 1. The number of alkyl halides is 1. The Morgan fingerprint density at radius 3 is 2.88 bits per heavy atom. The Morgan fingerprint density at radius 2 is 2.24 bits per heavy atom. The first-order valence-corrected chi connectivity index (χ1v) is 9.98. The maximum atomic E-state index is 12.6. The predicted molar refractivity (Wildman–Crippen MR) is 103 cm³/mol. The molecule has 0 fully saturated rings. The van der Waals surface area contributed by atoms with Crippen molar-refractivity contribution in [3.63, 3.8) is 0 Å². The van der Waals surface area contributed by atoms with Gasteiger partial charge >= 0.3 is 5.97 Å². The van der Waals surface area contributed by atoms with E-state index in [2.05, 4.69) is 26.2 Å². The standard InChI is InChI=1S/C17H15BrClN3O2S/c1-2-24-17(23)13-12(9-18)21-15(16-20-7-8-25-16)22-14(13)10-5-3-4-6-11(10)19/h3-8,14H,2,9H2,1H3,(H,21,22)/t14-/m0/s1. The molecule has 0 saturated carbocycles. The minimum absolute atomic E-state index is 0.288. The fourth-order valence-corrected chi connectivity index (χ4v) is 3.79. The second-order valence-corrected chi connectivity index (χ2v) is 6.97. The number of carbonyl (C=O) groups is 1. The Hall–Kier alpha value is -1.70. The zero-order valence-electron chi connectivity index (χ0n) is 13.3. The number of hydrogen-bond acceptors (Lipinski definition) is 6. The Labute approximate surface area is 162 Å². The molecular formula is C17H15BrClN3O2S. The van der Waals surface area contributed by atoms with Gasteiger partial charge in [0, 0.05) is 33.2 Å². The van der Waals surface area contributed by atoms with Crippen LogP contribution in [0.1, 0.15) is 23.5 Å². The Balaban J connectivity index is 2.14. The van der Waals surface area contributed by atoms with E-state index in [1.54, 1.807) is 19.2 Å². The fraction of sp³-hybridized carbons (Fsp3) is 0.235. The van der Waals surface area contributed by atoms with Gasteiger partial charge < -0.3 is 10.1 Å². The SMILES string of the molecule is CCOC(=O)C1=C(CBr)NC(c2nccs2)=N[C@H]1c1ccccc1Cl. The van der Waals surface area contributed by atoms with E-state index >= 15 is 0 Å². The molecule has 0 radical (unpaired) electrons. The summed E-state index contributed by atoms with van der Waals surface area (Å²) in [5.41, 5.74) is 1.90. The molecule has 130 valence electrons. The molecule has 0 saturated heterocycles. The lowest BCUT2D eigenvalue weighted by molar-refractivity contribution is -0.138. The topological polar surface area (TPSA) is 63.6 Å². The number of aliphatic imine (C=N–C) groups is 1. The van der Waals surface area contributed by atoms with Crippen LogP contribution in [-0.2, 0) is 9.53 Å². The maximum absolute atomic E-state index is 12.6. The average Bonchev–Trinajstić information content (AvgIpc) is 3.16. The molecular weight excluding hydrogens is 426 g/mol. The van der Waals surface area contributed by atoms with Gasteiger partial charge in [-0.1, -0.05) is 45.7 Å². The predicted octanol–water partition coefficient (Wildman–Crippen LogP) is 4.10. The molecule has 25 heavy (non-hydrogen) atoms. The van der Waals surface area contributed by atoms with Crippen LogP contribution in [0.5, 0.6) is 0 Å². The Kier molecular flexibility index (Phi) is 5.88. The van der Waals surface area contributed by atoms with Crippen molar-refractivity contribution < 1.29 is 9.53 Å². The maximum Gasteiger partial charge on any atom is 0.338 e. The van der Waals surface area contributed by atoms with Crippen molar-refractivity contribution in [1.82, 2.24) is 10.3 Å². The summed E-state index contributed by atoms with van der Waals surface area (Å²) >= 11 is 11.3. The van der Waals surface area contributed by atoms with Crippen LogP contribution >= 0.6 is 38.9 Å². The Bertz CT molecular complexity index is 836. The number of nitrogens with one attached hydrogen (secondary N) is 1. The van der Waals surface area contributed by atoms with Crippen LogP contribution in [0.2, 0.25) is 5.02 Å². The Morgan fingerprint density at radius 1 is 1.44 bits per heavy atom. The third-order valence-corrected chi connectivity index (χ3v) is 5.27. The third kappa shape index (κ3) is 3.78. The van der Waals surface area contributed by atoms with Gasteiger partial charge in [0.25, 0.3) is 0 Å². The fourth-order valence-electron chi connectivity index (χ4n) is 2.52. The number of hydrogen-bond donors (Lipinski definition) is 1. The lowest BCUT2D eigenvalue weighted by atomic mass is 9.96. The van der Waals surface area contributed by atoms with E-state index in [9.17, 15) is 4.79 Å². The van der Waals surface area contributed by atoms with E-state index in [1.807, 2.05) is 23.6 Å². The molecule has 5 nitrogen and oxygen atoms in total. The zero-order valence-corrected chi connectivity index (χ0v) is 16.5. The van der Waals surface area contributed by atoms with Crippen molar-refractivity contribution in [2.45, 2.75) is 13.0 Å². The van der Waals surface area contributed by atoms with Crippen molar-refractivity contribution >= 4 is 50.7 Å². The minimum atomic E-state index is -0.555. The van der Waals surface area contributed by atoms with Gasteiger partial charge in [0.2, 0.25) is 0 Å². The second-order valence-electron chi connectivity index (χ2n) is 5.11. The molecule has 3 rings (SSSR count). The van der Waals surface area contributed by atoms with Crippen LogP contribution in [0.4, 0.5) is 0 Å². The van der Waals surface area contributed by atoms with Crippen LogP contribution < -0.4 is 5.32 Å². The largest absolute Gasteiger partial charge is 0.463 e. The number of halogens is 2. The van der Waals surface area contributed by atoms with Crippen LogP contribution in [-0.4, -0.2) is 28.7 Å². The summed E-state index contributed by atoms with van der Waals surface area (Å²) in [7, 11) is 0. The lowest BCUT2D eigenvalue weighted by Crippen LogP contribution is -2.34. The highest BCUT2D eigenvalue weighted by Gasteiger charge is 2.33. The number of rotatable bonds is 5. The summed E-state index contributed by atoms with van der Waals surface area (Å²) in [5, 5.41) is 6.83. The molecule has 1 N–H and O–H groups in total. The van der Waals surface area contributed by atoms with Crippen LogP contribution in [0.3, 0.4) is 0 Å². The van der Waals surface area contributed by atoms with E-state index in [0.29, 0.717) is 27.5 Å². The molecule has 0 bridgehead atoms. The van der Waals surface area contributed by atoms with Crippen LogP contribution in [0.15, 0.2) is 52.1 Å². The summed E-state index contributed by atoms with van der Waals surface area (Å²) in [5.74, 6) is 0.207.